The third kappa shape index (κ3) is 10.2. The van der Waals surface area contributed by atoms with E-state index in [2.05, 4.69) is 16.0 Å². The number of rotatable bonds is 9. The van der Waals surface area contributed by atoms with Gasteiger partial charge in [0.1, 0.15) is 0 Å². The van der Waals surface area contributed by atoms with Gasteiger partial charge in [-0.1, -0.05) is 13.8 Å². The Bertz CT molecular complexity index is 332. The van der Waals surface area contributed by atoms with Gasteiger partial charge in [-0.3, -0.25) is 9.59 Å². The van der Waals surface area contributed by atoms with Gasteiger partial charge in [-0.15, -0.1) is 0 Å². The first-order chi connectivity index (χ1) is 9.35. The molecule has 0 rings (SSSR count). The Hall–Kier alpha value is -1.79. The molecule has 1 unspecified atom stereocenters. The minimum Gasteiger partial charge on any atom is -0.481 e. The van der Waals surface area contributed by atoms with E-state index in [4.69, 9.17) is 5.11 Å². The second-order valence-corrected chi connectivity index (χ2v) is 5.11. The van der Waals surface area contributed by atoms with Crippen molar-refractivity contribution in [1.29, 1.82) is 0 Å². The van der Waals surface area contributed by atoms with Crippen molar-refractivity contribution in [2.75, 3.05) is 19.6 Å². The molecule has 0 heterocycles. The summed E-state index contributed by atoms with van der Waals surface area (Å²) >= 11 is 0. The highest BCUT2D eigenvalue weighted by Crippen LogP contribution is 2.14. The van der Waals surface area contributed by atoms with E-state index in [1.165, 1.54) is 0 Å². The van der Waals surface area contributed by atoms with E-state index in [0.29, 0.717) is 12.5 Å². The summed E-state index contributed by atoms with van der Waals surface area (Å²) in [5.41, 5.74) is 0. The number of hydrogen-bond donors (Lipinski definition) is 4. The average Bonchev–Trinajstić information content (AvgIpc) is 2.32. The summed E-state index contributed by atoms with van der Waals surface area (Å²) < 4.78 is 0. The third-order valence-electron chi connectivity index (χ3n) is 2.60. The van der Waals surface area contributed by atoms with E-state index >= 15 is 0 Å². The van der Waals surface area contributed by atoms with Crippen molar-refractivity contribution in [2.45, 2.75) is 33.6 Å². The van der Waals surface area contributed by atoms with Crippen LogP contribution in [0.2, 0.25) is 0 Å². The van der Waals surface area contributed by atoms with E-state index in [1.807, 2.05) is 13.8 Å². The van der Waals surface area contributed by atoms with Gasteiger partial charge in [0.25, 0.3) is 0 Å². The minimum absolute atomic E-state index is 0.0226. The topological polar surface area (TPSA) is 108 Å². The molecule has 0 aliphatic carbocycles. The van der Waals surface area contributed by atoms with Crippen LogP contribution >= 0.6 is 0 Å². The normalized spacial score (nSPS) is 11.8. The monoisotopic (exact) mass is 287 g/mol. The summed E-state index contributed by atoms with van der Waals surface area (Å²) in [6, 6.07) is -0.463. The predicted molar refractivity (Wildman–Crippen MR) is 75.3 cm³/mol. The number of urea groups is 1. The van der Waals surface area contributed by atoms with Gasteiger partial charge in [0, 0.05) is 19.5 Å². The molecule has 0 fully saturated rings. The molecule has 0 bridgehead atoms. The third-order valence-corrected chi connectivity index (χ3v) is 2.60. The van der Waals surface area contributed by atoms with E-state index in [1.54, 1.807) is 6.92 Å². The maximum absolute atomic E-state index is 11.5. The van der Waals surface area contributed by atoms with Crippen molar-refractivity contribution < 1.29 is 19.5 Å². The molecule has 0 saturated carbocycles. The van der Waals surface area contributed by atoms with Crippen LogP contribution in [0.15, 0.2) is 0 Å². The van der Waals surface area contributed by atoms with E-state index in [9.17, 15) is 14.4 Å². The molecule has 0 aliphatic heterocycles. The first kappa shape index (κ1) is 18.2. The lowest BCUT2D eigenvalue weighted by atomic mass is 9.94. The quantitative estimate of drug-likeness (QED) is 0.497. The summed E-state index contributed by atoms with van der Waals surface area (Å²) in [5.74, 6) is -0.880. The summed E-state index contributed by atoms with van der Waals surface area (Å²) in [7, 11) is 0. The van der Waals surface area contributed by atoms with Crippen molar-refractivity contribution >= 4 is 17.9 Å². The van der Waals surface area contributed by atoms with Gasteiger partial charge in [0.15, 0.2) is 0 Å². The largest absolute Gasteiger partial charge is 0.481 e. The summed E-state index contributed by atoms with van der Waals surface area (Å²) in [4.78, 5) is 33.4. The SMILES string of the molecule is CCNC(=O)CNC(=O)NCC(CC(=O)O)CC(C)C. The molecular weight excluding hydrogens is 262 g/mol. The number of likely N-dealkylation sites (N-methyl/N-ethyl adjacent to an activating group) is 1. The summed E-state index contributed by atoms with van der Waals surface area (Å²) in [6.07, 6.45) is 0.748. The number of carboxylic acid groups (broad SMARTS) is 1. The van der Waals surface area contributed by atoms with Gasteiger partial charge in [0.2, 0.25) is 5.91 Å². The number of carbonyl (C=O) groups excluding carboxylic acids is 2. The molecule has 116 valence electrons. The standard InChI is InChI=1S/C13H25N3O4/c1-4-14-11(17)8-16-13(20)15-7-10(5-9(2)3)6-12(18)19/h9-10H,4-8H2,1-3H3,(H,14,17)(H,18,19)(H2,15,16,20). The molecule has 0 aromatic heterocycles. The first-order valence-corrected chi connectivity index (χ1v) is 6.85. The van der Waals surface area contributed by atoms with Crippen molar-refractivity contribution in [1.82, 2.24) is 16.0 Å². The van der Waals surface area contributed by atoms with Crippen molar-refractivity contribution in [2.24, 2.45) is 11.8 Å². The van der Waals surface area contributed by atoms with Crippen LogP contribution in [0.5, 0.6) is 0 Å². The molecule has 20 heavy (non-hydrogen) atoms. The van der Waals surface area contributed by atoms with Gasteiger partial charge in [0.05, 0.1) is 6.54 Å². The molecule has 4 N–H and O–H groups in total. The van der Waals surface area contributed by atoms with Crippen molar-refractivity contribution in [3.05, 3.63) is 0 Å². The molecule has 7 nitrogen and oxygen atoms in total. The van der Waals surface area contributed by atoms with E-state index < -0.39 is 12.0 Å². The number of nitrogens with one attached hydrogen (secondary N) is 3. The molecule has 0 spiro atoms. The molecule has 3 amide bonds. The number of carboxylic acids is 1. The Morgan fingerprint density at radius 2 is 1.75 bits per heavy atom. The zero-order chi connectivity index (χ0) is 15.5. The average molecular weight is 287 g/mol. The van der Waals surface area contributed by atoms with Gasteiger partial charge in [-0.25, -0.2) is 4.79 Å². The van der Waals surface area contributed by atoms with E-state index in [-0.39, 0.29) is 31.3 Å². The summed E-state index contributed by atoms with van der Waals surface area (Å²) in [6.45, 7) is 6.50. The van der Waals surface area contributed by atoms with Gasteiger partial charge >= 0.3 is 12.0 Å². The van der Waals surface area contributed by atoms with Gasteiger partial charge < -0.3 is 21.1 Å². The number of aliphatic carboxylic acids is 1. The van der Waals surface area contributed by atoms with Gasteiger partial charge in [-0.2, -0.15) is 0 Å². The highest BCUT2D eigenvalue weighted by molar-refractivity contribution is 5.83. The van der Waals surface area contributed by atoms with Crippen molar-refractivity contribution in [3.8, 4) is 0 Å². The van der Waals surface area contributed by atoms with Crippen LogP contribution in [0.1, 0.15) is 33.6 Å². The second-order valence-electron chi connectivity index (χ2n) is 5.11. The first-order valence-electron chi connectivity index (χ1n) is 6.85. The number of carbonyl (C=O) groups is 3. The van der Waals surface area contributed by atoms with E-state index in [0.717, 1.165) is 6.42 Å². The molecule has 0 radical (unpaired) electrons. The fraction of sp³-hybridized carbons (Fsp3) is 0.769. The predicted octanol–water partition coefficient (Wildman–Crippen LogP) is 0.559. The van der Waals surface area contributed by atoms with Crippen LogP contribution in [0.25, 0.3) is 0 Å². The Balaban J connectivity index is 4.03. The van der Waals surface area contributed by atoms with Crippen LogP contribution in [0.3, 0.4) is 0 Å². The zero-order valence-electron chi connectivity index (χ0n) is 12.4. The maximum atomic E-state index is 11.5. The Morgan fingerprint density at radius 3 is 2.25 bits per heavy atom. The fourth-order valence-corrected chi connectivity index (χ4v) is 1.87. The smallest absolute Gasteiger partial charge is 0.315 e. The Labute approximate surface area is 119 Å². The highest BCUT2D eigenvalue weighted by Gasteiger charge is 2.16. The Morgan fingerprint density at radius 1 is 1.10 bits per heavy atom. The van der Waals surface area contributed by atoms with Gasteiger partial charge in [-0.05, 0) is 25.2 Å². The molecule has 7 heteroatoms. The molecule has 0 aromatic carbocycles. The lowest BCUT2D eigenvalue weighted by Crippen LogP contribution is -2.43. The maximum Gasteiger partial charge on any atom is 0.315 e. The second kappa shape index (κ2) is 10.1. The molecule has 0 aliphatic rings. The van der Waals surface area contributed by atoms with Crippen LogP contribution in [0.4, 0.5) is 4.79 Å². The van der Waals surface area contributed by atoms with Crippen LogP contribution < -0.4 is 16.0 Å². The lowest BCUT2D eigenvalue weighted by Gasteiger charge is -2.18. The number of hydrogen-bond acceptors (Lipinski definition) is 3. The van der Waals surface area contributed by atoms with Crippen LogP contribution in [-0.2, 0) is 9.59 Å². The lowest BCUT2D eigenvalue weighted by molar-refractivity contribution is -0.138. The van der Waals surface area contributed by atoms with Crippen LogP contribution in [0, 0.1) is 11.8 Å². The minimum atomic E-state index is -0.875. The molecule has 0 aromatic rings. The fourth-order valence-electron chi connectivity index (χ4n) is 1.87. The van der Waals surface area contributed by atoms with Crippen molar-refractivity contribution in [3.63, 3.8) is 0 Å². The zero-order valence-corrected chi connectivity index (χ0v) is 12.4. The van der Waals surface area contributed by atoms with Crippen LogP contribution in [-0.4, -0.2) is 42.6 Å². The molecule has 1 atom stereocenters. The summed E-state index contributed by atoms with van der Waals surface area (Å²) in [5, 5.41) is 16.4. The number of amides is 3. The highest BCUT2D eigenvalue weighted by atomic mass is 16.4. The molecule has 0 saturated heterocycles. The molecular formula is C13H25N3O4. The Kier molecular flexibility index (Phi) is 9.15.